The first-order valence-electron chi connectivity index (χ1n) is 14.1. The zero-order valence-corrected chi connectivity index (χ0v) is 26.3. The number of amides is 2. The highest BCUT2D eigenvalue weighted by atomic mass is 32.2. The summed E-state index contributed by atoms with van der Waals surface area (Å²) in [6.45, 7) is 7.00. The number of aryl methyl sites for hydroxylation is 1. The Balaban J connectivity index is 2.10. The number of nitrogens with zero attached hydrogens (tertiary/aromatic N) is 2. The summed E-state index contributed by atoms with van der Waals surface area (Å²) in [5.41, 5.74) is 1.85. The van der Waals surface area contributed by atoms with Crippen molar-refractivity contribution in [1.82, 2.24) is 10.2 Å². The molecular weight excluding hydrogens is 573 g/mol. The van der Waals surface area contributed by atoms with E-state index in [9.17, 15) is 22.4 Å². The molecule has 0 saturated carbocycles. The van der Waals surface area contributed by atoms with Crippen molar-refractivity contribution in [3.05, 3.63) is 83.7 Å². The summed E-state index contributed by atoms with van der Waals surface area (Å²) in [4.78, 5) is 28.8. The van der Waals surface area contributed by atoms with Gasteiger partial charge in [-0.15, -0.1) is 0 Å². The molecule has 0 aliphatic heterocycles. The highest BCUT2D eigenvalue weighted by molar-refractivity contribution is 7.92. The lowest BCUT2D eigenvalue weighted by Crippen LogP contribution is -2.53. The molecule has 0 unspecified atom stereocenters. The summed E-state index contributed by atoms with van der Waals surface area (Å²) < 4.78 is 53.5. The fourth-order valence-electron chi connectivity index (χ4n) is 4.61. The van der Waals surface area contributed by atoms with Gasteiger partial charge < -0.3 is 19.7 Å². The number of carbonyl (C=O) groups excluding carboxylic acids is 2. The van der Waals surface area contributed by atoms with Crippen LogP contribution in [0.5, 0.6) is 11.5 Å². The molecule has 0 heterocycles. The third kappa shape index (κ3) is 8.25. The van der Waals surface area contributed by atoms with Crippen LogP contribution in [-0.4, -0.2) is 58.0 Å². The second-order valence-corrected chi connectivity index (χ2v) is 12.1. The molecule has 43 heavy (non-hydrogen) atoms. The lowest BCUT2D eigenvalue weighted by molar-refractivity contribution is -0.140. The first kappa shape index (κ1) is 33.4. The monoisotopic (exact) mass is 613 g/mol. The average molecular weight is 614 g/mol. The summed E-state index contributed by atoms with van der Waals surface area (Å²) in [5, 5.41) is 2.95. The van der Waals surface area contributed by atoms with Crippen LogP contribution >= 0.6 is 0 Å². The second kappa shape index (κ2) is 14.9. The number of sulfonamides is 1. The Labute approximate surface area is 253 Å². The van der Waals surface area contributed by atoms with Crippen LogP contribution in [0, 0.1) is 12.7 Å². The number of hydrogen-bond acceptors (Lipinski definition) is 6. The normalized spacial score (nSPS) is 12.6. The fraction of sp³-hybridized carbons (Fsp3) is 0.375. The SMILES string of the molecule is CC[C@@H](C)NC(=O)[C@@H](CC)N(Cc1cccc(C)c1)C(=O)CN(c1ccc(F)cc1)S(=O)(=O)c1ccc(OC)c(OC)c1. The molecule has 232 valence electrons. The quantitative estimate of drug-likeness (QED) is 0.272. The molecule has 3 aromatic carbocycles. The molecule has 0 radical (unpaired) electrons. The van der Waals surface area contributed by atoms with Gasteiger partial charge in [0.1, 0.15) is 18.4 Å². The number of halogens is 1. The summed E-state index contributed by atoms with van der Waals surface area (Å²) in [7, 11) is -1.57. The lowest BCUT2D eigenvalue weighted by atomic mass is 10.1. The summed E-state index contributed by atoms with van der Waals surface area (Å²) in [5.74, 6) is -0.974. The summed E-state index contributed by atoms with van der Waals surface area (Å²) >= 11 is 0. The highest BCUT2D eigenvalue weighted by Crippen LogP contribution is 2.32. The first-order chi connectivity index (χ1) is 20.4. The van der Waals surface area contributed by atoms with E-state index < -0.39 is 34.3 Å². The number of anilines is 1. The third-order valence-corrected chi connectivity index (χ3v) is 8.93. The molecule has 0 fully saturated rings. The van der Waals surface area contributed by atoms with E-state index in [2.05, 4.69) is 5.32 Å². The van der Waals surface area contributed by atoms with Crippen molar-refractivity contribution in [2.75, 3.05) is 25.1 Å². The Bertz CT molecular complexity index is 1510. The minimum atomic E-state index is -4.38. The molecule has 2 atom stereocenters. The molecule has 0 aromatic heterocycles. The van der Waals surface area contributed by atoms with Crippen molar-refractivity contribution in [3.63, 3.8) is 0 Å². The standard InChI is InChI=1S/C32H40FN3O6S/c1-7-23(4)34-32(38)28(8-2)35(20-24-11-9-10-22(3)18-24)31(37)21-36(26-14-12-25(33)13-15-26)43(39,40)27-16-17-29(41-5)30(19-27)42-6/h9-19,23,28H,7-8,20-21H2,1-6H3,(H,34,38)/t23-,28-/m1/s1. The average Bonchev–Trinajstić information content (AvgIpc) is 2.99. The van der Waals surface area contributed by atoms with Gasteiger partial charge in [-0.3, -0.25) is 13.9 Å². The van der Waals surface area contributed by atoms with E-state index in [0.717, 1.165) is 27.6 Å². The van der Waals surface area contributed by atoms with Crippen LogP contribution in [0.25, 0.3) is 0 Å². The number of nitrogens with one attached hydrogen (secondary N) is 1. The van der Waals surface area contributed by atoms with Gasteiger partial charge in [-0.05, 0) is 68.7 Å². The van der Waals surface area contributed by atoms with Gasteiger partial charge in [-0.25, -0.2) is 12.8 Å². The Hall–Kier alpha value is -4.12. The Morgan fingerprint density at radius 3 is 2.19 bits per heavy atom. The molecule has 0 aliphatic carbocycles. The minimum absolute atomic E-state index is 0.0807. The zero-order valence-electron chi connectivity index (χ0n) is 25.5. The van der Waals surface area contributed by atoms with Crippen LogP contribution in [0.2, 0.25) is 0 Å². The number of rotatable bonds is 14. The van der Waals surface area contributed by atoms with Crippen LogP contribution in [0.15, 0.2) is 71.6 Å². The molecule has 0 spiro atoms. The summed E-state index contributed by atoms with van der Waals surface area (Å²) in [6, 6.07) is 15.5. The van der Waals surface area contributed by atoms with Gasteiger partial charge in [-0.1, -0.05) is 43.7 Å². The molecular formula is C32H40FN3O6S. The van der Waals surface area contributed by atoms with Gasteiger partial charge in [0.05, 0.1) is 24.8 Å². The van der Waals surface area contributed by atoms with Crippen LogP contribution in [-0.2, 0) is 26.2 Å². The van der Waals surface area contributed by atoms with Crippen molar-refractivity contribution in [3.8, 4) is 11.5 Å². The Morgan fingerprint density at radius 1 is 0.930 bits per heavy atom. The summed E-state index contributed by atoms with van der Waals surface area (Å²) in [6.07, 6.45) is 1.01. The van der Waals surface area contributed by atoms with E-state index in [1.807, 2.05) is 45.0 Å². The van der Waals surface area contributed by atoms with Gasteiger partial charge in [0.2, 0.25) is 11.8 Å². The highest BCUT2D eigenvalue weighted by Gasteiger charge is 2.34. The first-order valence-corrected chi connectivity index (χ1v) is 15.5. The zero-order chi connectivity index (χ0) is 31.7. The molecule has 0 aliphatic rings. The number of carbonyl (C=O) groups is 2. The van der Waals surface area contributed by atoms with Crippen molar-refractivity contribution >= 4 is 27.5 Å². The number of hydrogen-bond donors (Lipinski definition) is 1. The van der Waals surface area contributed by atoms with E-state index in [-0.39, 0.29) is 34.8 Å². The smallest absolute Gasteiger partial charge is 0.264 e. The molecule has 0 bridgehead atoms. The number of methoxy groups -OCH3 is 2. The van der Waals surface area contributed by atoms with Crippen molar-refractivity contribution in [2.24, 2.45) is 0 Å². The van der Waals surface area contributed by atoms with E-state index >= 15 is 0 Å². The Kier molecular flexibility index (Phi) is 11.5. The van der Waals surface area contributed by atoms with Crippen molar-refractivity contribution < 1.29 is 31.9 Å². The van der Waals surface area contributed by atoms with E-state index in [1.54, 1.807) is 6.92 Å². The predicted octanol–water partition coefficient (Wildman–Crippen LogP) is 5.07. The molecule has 3 aromatic rings. The topological polar surface area (TPSA) is 105 Å². The van der Waals surface area contributed by atoms with Gasteiger partial charge in [-0.2, -0.15) is 0 Å². The number of ether oxygens (including phenoxy) is 2. The van der Waals surface area contributed by atoms with Crippen molar-refractivity contribution in [1.29, 1.82) is 0 Å². The van der Waals surface area contributed by atoms with Crippen LogP contribution < -0.4 is 19.1 Å². The third-order valence-electron chi connectivity index (χ3n) is 7.16. The molecule has 3 rings (SSSR count). The van der Waals surface area contributed by atoms with E-state index in [0.29, 0.717) is 18.6 Å². The van der Waals surface area contributed by atoms with Gasteiger partial charge in [0.15, 0.2) is 11.5 Å². The van der Waals surface area contributed by atoms with Gasteiger partial charge in [0.25, 0.3) is 10.0 Å². The maximum atomic E-state index is 14.2. The second-order valence-electron chi connectivity index (χ2n) is 10.3. The van der Waals surface area contributed by atoms with Gasteiger partial charge >= 0.3 is 0 Å². The molecule has 9 nitrogen and oxygen atoms in total. The lowest BCUT2D eigenvalue weighted by Gasteiger charge is -2.33. The largest absolute Gasteiger partial charge is 0.493 e. The van der Waals surface area contributed by atoms with Crippen LogP contribution in [0.1, 0.15) is 44.7 Å². The molecule has 2 amide bonds. The molecule has 0 saturated heterocycles. The predicted molar refractivity (Wildman–Crippen MR) is 164 cm³/mol. The van der Waals surface area contributed by atoms with E-state index in [4.69, 9.17) is 9.47 Å². The van der Waals surface area contributed by atoms with E-state index in [1.165, 1.54) is 49.5 Å². The Morgan fingerprint density at radius 2 is 1.60 bits per heavy atom. The molecule has 11 heteroatoms. The van der Waals surface area contributed by atoms with Gasteiger partial charge in [0, 0.05) is 18.7 Å². The number of benzene rings is 3. The van der Waals surface area contributed by atoms with Crippen LogP contribution in [0.4, 0.5) is 10.1 Å². The van der Waals surface area contributed by atoms with Crippen molar-refractivity contribution in [2.45, 2.75) is 64.1 Å². The maximum Gasteiger partial charge on any atom is 0.264 e. The molecule has 1 N–H and O–H groups in total. The van der Waals surface area contributed by atoms with Crippen LogP contribution in [0.3, 0.4) is 0 Å². The minimum Gasteiger partial charge on any atom is -0.493 e. The fourth-order valence-corrected chi connectivity index (χ4v) is 6.04. The maximum absolute atomic E-state index is 14.2.